The molecular weight excluding hydrogens is 424 g/mol. The highest BCUT2D eigenvalue weighted by molar-refractivity contribution is 5.96. The van der Waals surface area contributed by atoms with Crippen LogP contribution in [-0.2, 0) is 22.5 Å². The minimum Gasteiger partial charge on any atom is -0.497 e. The molecule has 1 aromatic heterocycles. The van der Waals surface area contributed by atoms with Crippen LogP contribution in [0, 0.1) is 0 Å². The Morgan fingerprint density at radius 1 is 1.06 bits per heavy atom. The lowest BCUT2D eigenvalue weighted by Crippen LogP contribution is -2.42. The Balaban J connectivity index is 2.00. The molecule has 0 aliphatic heterocycles. The predicted octanol–water partition coefficient (Wildman–Crippen LogP) is 1.79. The number of aromatic nitrogens is 2. The Labute approximate surface area is 191 Å². The normalized spacial score (nSPS) is 10.7. The first-order valence-electron chi connectivity index (χ1n) is 10.5. The number of nitrogens with one attached hydrogen (secondary N) is 1. The first-order valence-corrected chi connectivity index (χ1v) is 10.5. The van der Waals surface area contributed by atoms with E-state index in [4.69, 9.17) is 15.2 Å². The second kappa shape index (κ2) is 11.1. The van der Waals surface area contributed by atoms with Gasteiger partial charge in [-0.2, -0.15) is 0 Å². The zero-order chi connectivity index (χ0) is 23.8. The highest BCUT2D eigenvalue weighted by atomic mass is 16.5. The Morgan fingerprint density at radius 2 is 1.79 bits per heavy atom. The lowest BCUT2D eigenvalue weighted by molar-refractivity contribution is -0.118. The number of carbonyl (C=O) groups excluding carboxylic acids is 1. The van der Waals surface area contributed by atoms with E-state index in [0.29, 0.717) is 18.8 Å². The SMILES string of the molecule is COCCCN(C(=O)Cc1cccc(OC)c1)c1c(N)n(Cc2ccccc2)c(=O)[nH]c1=O. The van der Waals surface area contributed by atoms with Gasteiger partial charge in [0, 0.05) is 20.3 Å². The number of aromatic amines is 1. The summed E-state index contributed by atoms with van der Waals surface area (Å²) in [6.45, 7) is 0.753. The van der Waals surface area contributed by atoms with E-state index in [0.717, 1.165) is 11.1 Å². The van der Waals surface area contributed by atoms with E-state index >= 15 is 0 Å². The van der Waals surface area contributed by atoms with E-state index in [9.17, 15) is 14.4 Å². The Bertz CT molecular complexity index is 1200. The first kappa shape index (κ1) is 23.8. The van der Waals surface area contributed by atoms with Crippen LogP contribution in [0.2, 0.25) is 0 Å². The molecular formula is C24H28N4O5. The maximum atomic E-state index is 13.3. The highest BCUT2D eigenvalue weighted by Crippen LogP contribution is 2.21. The van der Waals surface area contributed by atoms with Crippen molar-refractivity contribution in [1.29, 1.82) is 0 Å². The molecule has 9 nitrogen and oxygen atoms in total. The number of amides is 1. The van der Waals surface area contributed by atoms with E-state index < -0.39 is 11.2 Å². The molecule has 0 aliphatic rings. The van der Waals surface area contributed by atoms with Crippen LogP contribution in [-0.4, -0.2) is 42.8 Å². The number of hydrogen-bond donors (Lipinski definition) is 2. The van der Waals surface area contributed by atoms with Crippen LogP contribution in [0.4, 0.5) is 11.5 Å². The van der Waals surface area contributed by atoms with Crippen molar-refractivity contribution in [1.82, 2.24) is 9.55 Å². The Hall–Kier alpha value is -3.85. The average molecular weight is 453 g/mol. The molecule has 0 unspecified atom stereocenters. The number of anilines is 2. The van der Waals surface area contributed by atoms with Crippen molar-refractivity contribution >= 4 is 17.4 Å². The maximum Gasteiger partial charge on any atom is 0.330 e. The van der Waals surface area contributed by atoms with Crippen LogP contribution >= 0.6 is 0 Å². The predicted molar refractivity (Wildman–Crippen MR) is 127 cm³/mol. The topological polar surface area (TPSA) is 120 Å². The molecule has 33 heavy (non-hydrogen) atoms. The second-order valence-corrected chi connectivity index (χ2v) is 7.48. The van der Waals surface area contributed by atoms with Gasteiger partial charge in [0.2, 0.25) is 5.91 Å². The third kappa shape index (κ3) is 5.89. The van der Waals surface area contributed by atoms with Crippen LogP contribution in [0.15, 0.2) is 64.2 Å². The summed E-state index contributed by atoms with van der Waals surface area (Å²) in [5.74, 6) is 0.227. The van der Waals surface area contributed by atoms with Gasteiger partial charge in [-0.1, -0.05) is 42.5 Å². The molecule has 0 atom stereocenters. The van der Waals surface area contributed by atoms with Gasteiger partial charge in [-0.3, -0.25) is 19.1 Å². The fourth-order valence-electron chi connectivity index (χ4n) is 3.54. The largest absolute Gasteiger partial charge is 0.497 e. The van der Waals surface area contributed by atoms with Crippen LogP contribution in [0.5, 0.6) is 5.75 Å². The monoisotopic (exact) mass is 452 g/mol. The number of methoxy groups -OCH3 is 2. The highest BCUT2D eigenvalue weighted by Gasteiger charge is 2.24. The van der Waals surface area contributed by atoms with Gasteiger partial charge in [-0.25, -0.2) is 4.79 Å². The quantitative estimate of drug-likeness (QED) is 0.453. The van der Waals surface area contributed by atoms with Crippen LogP contribution in [0.3, 0.4) is 0 Å². The smallest absolute Gasteiger partial charge is 0.330 e. The Kier molecular flexibility index (Phi) is 8.04. The summed E-state index contributed by atoms with van der Waals surface area (Å²) in [6.07, 6.45) is 0.512. The number of carbonyl (C=O) groups is 1. The lowest BCUT2D eigenvalue weighted by Gasteiger charge is -2.25. The molecule has 0 saturated carbocycles. The number of rotatable bonds is 10. The third-order valence-corrected chi connectivity index (χ3v) is 5.19. The van der Waals surface area contributed by atoms with Crippen LogP contribution < -0.4 is 26.6 Å². The summed E-state index contributed by atoms with van der Waals surface area (Å²) in [5.41, 5.74) is 6.48. The molecule has 174 valence electrons. The van der Waals surface area contributed by atoms with E-state index in [2.05, 4.69) is 4.98 Å². The number of hydrogen-bond acceptors (Lipinski definition) is 6. The Morgan fingerprint density at radius 3 is 2.48 bits per heavy atom. The summed E-state index contributed by atoms with van der Waals surface area (Å²) in [6, 6.07) is 16.4. The van der Waals surface area contributed by atoms with Gasteiger partial charge in [-0.05, 0) is 29.7 Å². The van der Waals surface area contributed by atoms with Gasteiger partial charge >= 0.3 is 5.69 Å². The molecule has 0 radical (unpaired) electrons. The van der Waals surface area contributed by atoms with Crippen molar-refractivity contribution in [3.63, 3.8) is 0 Å². The number of nitrogens with zero attached hydrogens (tertiary/aromatic N) is 2. The van der Waals surface area contributed by atoms with Crippen molar-refractivity contribution in [3.05, 3.63) is 86.6 Å². The van der Waals surface area contributed by atoms with Gasteiger partial charge in [0.25, 0.3) is 5.56 Å². The van der Waals surface area contributed by atoms with Crippen LogP contribution in [0.1, 0.15) is 17.5 Å². The van der Waals surface area contributed by atoms with Crippen molar-refractivity contribution in [3.8, 4) is 5.75 Å². The molecule has 1 amide bonds. The van der Waals surface area contributed by atoms with Crippen molar-refractivity contribution in [2.75, 3.05) is 38.0 Å². The molecule has 0 aliphatic carbocycles. The minimum absolute atomic E-state index is 0.0286. The number of ether oxygens (including phenoxy) is 2. The first-order chi connectivity index (χ1) is 15.9. The van der Waals surface area contributed by atoms with Crippen LogP contribution in [0.25, 0.3) is 0 Å². The number of H-pyrrole nitrogens is 1. The second-order valence-electron chi connectivity index (χ2n) is 7.48. The zero-order valence-electron chi connectivity index (χ0n) is 18.7. The molecule has 0 fully saturated rings. The van der Waals surface area contributed by atoms with E-state index in [-0.39, 0.29) is 36.9 Å². The minimum atomic E-state index is -0.710. The summed E-state index contributed by atoms with van der Waals surface area (Å²) in [5, 5.41) is 0. The van der Waals surface area contributed by atoms with Gasteiger partial charge in [0.05, 0.1) is 20.1 Å². The fourth-order valence-corrected chi connectivity index (χ4v) is 3.54. The van der Waals surface area contributed by atoms with Crippen molar-refractivity contribution < 1.29 is 14.3 Å². The van der Waals surface area contributed by atoms with Gasteiger partial charge in [0.15, 0.2) is 5.69 Å². The number of benzene rings is 2. The molecule has 0 saturated heterocycles. The molecule has 3 N–H and O–H groups in total. The number of nitrogen functional groups attached to an aromatic ring is 1. The third-order valence-electron chi connectivity index (χ3n) is 5.19. The molecule has 2 aromatic carbocycles. The van der Waals surface area contributed by atoms with Gasteiger partial charge in [-0.15, -0.1) is 0 Å². The summed E-state index contributed by atoms with van der Waals surface area (Å²) in [7, 11) is 3.11. The number of nitrogens with two attached hydrogens (primary N) is 1. The molecule has 0 bridgehead atoms. The van der Waals surface area contributed by atoms with E-state index in [1.807, 2.05) is 30.3 Å². The van der Waals surface area contributed by atoms with Crippen molar-refractivity contribution in [2.45, 2.75) is 19.4 Å². The molecule has 3 rings (SSSR count). The molecule has 9 heteroatoms. The molecule has 3 aromatic rings. The summed E-state index contributed by atoms with van der Waals surface area (Å²) >= 11 is 0. The fraction of sp³-hybridized carbons (Fsp3) is 0.292. The molecule has 0 spiro atoms. The lowest BCUT2D eigenvalue weighted by atomic mass is 10.1. The summed E-state index contributed by atoms with van der Waals surface area (Å²) in [4.78, 5) is 42.3. The average Bonchev–Trinajstić information content (AvgIpc) is 2.81. The standard InChI is InChI=1S/C24H28N4O5/c1-32-13-7-12-27(20(29)15-18-10-6-11-19(14-18)33-2)21-22(25)28(24(31)26-23(21)30)16-17-8-4-3-5-9-17/h3-6,8-11,14H,7,12-13,15-16,25H2,1-2H3,(H,26,30,31). The zero-order valence-corrected chi connectivity index (χ0v) is 18.7. The van der Waals surface area contributed by atoms with Gasteiger partial charge < -0.3 is 20.1 Å². The van der Waals surface area contributed by atoms with E-state index in [1.165, 1.54) is 9.47 Å². The van der Waals surface area contributed by atoms with E-state index in [1.54, 1.807) is 38.5 Å². The van der Waals surface area contributed by atoms with Gasteiger partial charge in [0.1, 0.15) is 11.6 Å². The summed E-state index contributed by atoms with van der Waals surface area (Å²) < 4.78 is 11.6. The molecule has 1 heterocycles. The maximum absolute atomic E-state index is 13.3. The van der Waals surface area contributed by atoms with Crippen molar-refractivity contribution in [2.24, 2.45) is 0 Å².